The summed E-state index contributed by atoms with van der Waals surface area (Å²) in [6, 6.07) is 5.34. The third kappa shape index (κ3) is 2.61. The number of hydrogen-bond acceptors (Lipinski definition) is 5. The summed E-state index contributed by atoms with van der Waals surface area (Å²) in [5, 5.41) is 11.2. The van der Waals surface area contributed by atoms with Gasteiger partial charge >= 0.3 is 0 Å². The van der Waals surface area contributed by atoms with Crippen molar-refractivity contribution in [2.75, 3.05) is 37.8 Å². The Morgan fingerprint density at radius 1 is 1.40 bits per heavy atom. The van der Waals surface area contributed by atoms with E-state index in [1.165, 1.54) is 0 Å². The number of anilines is 1. The van der Waals surface area contributed by atoms with E-state index in [9.17, 15) is 10.1 Å². The topological polar surface area (TPSA) is 64.8 Å². The second-order valence-electron chi connectivity index (χ2n) is 5.15. The van der Waals surface area contributed by atoms with Crippen molar-refractivity contribution in [1.82, 2.24) is 0 Å². The average molecular weight is 390 g/mol. The maximum Gasteiger partial charge on any atom is 0.293 e. The Hall–Kier alpha value is -0.930. The summed E-state index contributed by atoms with van der Waals surface area (Å²) in [4.78, 5) is 13.0. The van der Waals surface area contributed by atoms with E-state index >= 15 is 0 Å². The lowest BCUT2D eigenvalue weighted by Gasteiger charge is -2.40. The maximum atomic E-state index is 11.2. The van der Waals surface area contributed by atoms with Crippen LogP contribution in [0.5, 0.6) is 0 Å². The molecule has 1 atom stereocenters. The zero-order valence-electron chi connectivity index (χ0n) is 10.9. The van der Waals surface area contributed by atoms with Crippen LogP contribution in [0.2, 0.25) is 0 Å². The Morgan fingerprint density at radius 2 is 2.25 bits per heavy atom. The number of nitrogens with zero attached hydrogens (tertiary/aromatic N) is 2. The average Bonchev–Trinajstić information content (AvgIpc) is 2.86. The van der Waals surface area contributed by atoms with E-state index in [4.69, 9.17) is 9.47 Å². The van der Waals surface area contributed by atoms with Crippen molar-refractivity contribution >= 4 is 34.0 Å². The highest BCUT2D eigenvalue weighted by molar-refractivity contribution is 14.1. The molecule has 2 aliphatic rings. The van der Waals surface area contributed by atoms with Gasteiger partial charge in [0.1, 0.15) is 11.3 Å². The maximum absolute atomic E-state index is 11.2. The number of rotatable bonds is 2. The molecule has 1 unspecified atom stereocenters. The van der Waals surface area contributed by atoms with Gasteiger partial charge in [0.25, 0.3) is 5.69 Å². The van der Waals surface area contributed by atoms with Gasteiger partial charge in [0.05, 0.1) is 18.1 Å². The van der Waals surface area contributed by atoms with Gasteiger partial charge in [-0.1, -0.05) is 0 Å². The third-order valence-corrected chi connectivity index (χ3v) is 4.46. The third-order valence-electron chi connectivity index (χ3n) is 3.79. The molecule has 3 rings (SSSR count). The van der Waals surface area contributed by atoms with Gasteiger partial charge in [0, 0.05) is 35.8 Å². The summed E-state index contributed by atoms with van der Waals surface area (Å²) in [7, 11) is 0. The van der Waals surface area contributed by atoms with Gasteiger partial charge in [-0.2, -0.15) is 0 Å². The van der Waals surface area contributed by atoms with Gasteiger partial charge in [-0.15, -0.1) is 0 Å². The molecule has 7 heteroatoms. The van der Waals surface area contributed by atoms with E-state index in [1.807, 2.05) is 17.0 Å². The number of benzene rings is 1. The van der Waals surface area contributed by atoms with Gasteiger partial charge in [0.15, 0.2) is 0 Å². The molecule has 6 nitrogen and oxygen atoms in total. The van der Waals surface area contributed by atoms with Crippen molar-refractivity contribution in [2.45, 2.75) is 12.0 Å². The van der Waals surface area contributed by atoms with Crippen LogP contribution in [0, 0.1) is 13.7 Å². The fourth-order valence-electron chi connectivity index (χ4n) is 2.79. The summed E-state index contributed by atoms with van der Waals surface area (Å²) in [6.45, 7) is 3.16. The van der Waals surface area contributed by atoms with Crippen LogP contribution in [0.25, 0.3) is 0 Å². The van der Waals surface area contributed by atoms with Gasteiger partial charge in [-0.05, 0) is 34.7 Å². The zero-order valence-corrected chi connectivity index (χ0v) is 13.0. The van der Waals surface area contributed by atoms with E-state index in [0.29, 0.717) is 38.6 Å². The Morgan fingerprint density at radius 3 is 2.95 bits per heavy atom. The van der Waals surface area contributed by atoms with Crippen LogP contribution in [0.3, 0.4) is 0 Å². The van der Waals surface area contributed by atoms with Crippen molar-refractivity contribution < 1.29 is 14.4 Å². The minimum atomic E-state index is -0.315. The summed E-state index contributed by atoms with van der Waals surface area (Å²) in [6.07, 6.45) is 0.849. The monoisotopic (exact) mass is 390 g/mol. The SMILES string of the molecule is O=[N+]([O-])c1cc(I)ccc1N1CCOC2(CCOC2)C1. The number of ether oxygens (including phenoxy) is 2. The van der Waals surface area contributed by atoms with Gasteiger partial charge < -0.3 is 14.4 Å². The molecule has 1 aromatic carbocycles. The van der Waals surface area contributed by atoms with Crippen molar-refractivity contribution in [3.63, 3.8) is 0 Å². The molecule has 20 heavy (non-hydrogen) atoms. The molecule has 0 saturated carbocycles. The zero-order chi connectivity index (χ0) is 14.2. The molecule has 108 valence electrons. The highest BCUT2D eigenvalue weighted by Gasteiger charge is 2.41. The number of morpholine rings is 1. The molecule has 0 amide bonds. The van der Waals surface area contributed by atoms with Gasteiger partial charge in [0.2, 0.25) is 0 Å². The van der Waals surface area contributed by atoms with Crippen molar-refractivity contribution in [3.8, 4) is 0 Å². The number of hydrogen-bond donors (Lipinski definition) is 0. The molecule has 0 radical (unpaired) electrons. The number of nitro groups is 1. The standard InChI is InChI=1S/C13H15IN2O4/c14-10-1-2-11(12(7-10)16(17)18)15-4-6-20-13(8-15)3-5-19-9-13/h1-2,7H,3-6,8-9H2. The lowest BCUT2D eigenvalue weighted by molar-refractivity contribution is -0.384. The summed E-state index contributed by atoms with van der Waals surface area (Å²) < 4.78 is 12.2. The first-order valence-electron chi connectivity index (χ1n) is 6.50. The predicted octanol–water partition coefficient (Wildman–Crippen LogP) is 2.20. The first-order valence-corrected chi connectivity index (χ1v) is 7.58. The Balaban J connectivity index is 1.90. The molecule has 1 spiro atoms. The molecule has 0 N–H and O–H groups in total. The van der Waals surface area contributed by atoms with Crippen LogP contribution < -0.4 is 4.90 Å². The largest absolute Gasteiger partial charge is 0.378 e. The molecule has 0 bridgehead atoms. The minimum Gasteiger partial charge on any atom is -0.378 e. The Bertz CT molecular complexity index is 531. The molecule has 1 aromatic rings. The normalized spacial score (nSPS) is 26.1. The Labute approximate surface area is 130 Å². The molecule has 2 saturated heterocycles. The highest BCUT2D eigenvalue weighted by Crippen LogP contribution is 2.35. The number of halogens is 1. The lowest BCUT2D eigenvalue weighted by Crippen LogP contribution is -2.52. The molecule has 2 fully saturated rings. The molecular formula is C13H15IN2O4. The van der Waals surface area contributed by atoms with E-state index in [1.54, 1.807) is 6.07 Å². The van der Waals surface area contributed by atoms with E-state index in [2.05, 4.69) is 22.6 Å². The van der Waals surface area contributed by atoms with E-state index < -0.39 is 0 Å². The number of nitro benzene ring substituents is 1. The summed E-state index contributed by atoms with van der Waals surface area (Å²) >= 11 is 2.09. The fraction of sp³-hybridized carbons (Fsp3) is 0.538. The summed E-state index contributed by atoms with van der Waals surface area (Å²) in [5.41, 5.74) is 0.535. The van der Waals surface area contributed by atoms with Crippen molar-refractivity contribution in [3.05, 3.63) is 31.9 Å². The van der Waals surface area contributed by atoms with Crippen LogP contribution in [0.15, 0.2) is 18.2 Å². The second kappa shape index (κ2) is 5.45. The van der Waals surface area contributed by atoms with Crippen LogP contribution in [-0.2, 0) is 9.47 Å². The molecular weight excluding hydrogens is 375 g/mol. The van der Waals surface area contributed by atoms with Crippen LogP contribution in [0.1, 0.15) is 6.42 Å². The quantitative estimate of drug-likeness (QED) is 0.440. The van der Waals surface area contributed by atoms with Crippen LogP contribution in [0.4, 0.5) is 11.4 Å². The summed E-state index contributed by atoms with van der Waals surface area (Å²) in [5.74, 6) is 0. The predicted molar refractivity (Wildman–Crippen MR) is 82.1 cm³/mol. The van der Waals surface area contributed by atoms with Crippen molar-refractivity contribution in [1.29, 1.82) is 0 Å². The fourth-order valence-corrected chi connectivity index (χ4v) is 3.26. The van der Waals surface area contributed by atoms with Crippen molar-refractivity contribution in [2.24, 2.45) is 0 Å². The lowest BCUT2D eigenvalue weighted by atomic mass is 10.00. The second-order valence-corrected chi connectivity index (χ2v) is 6.39. The molecule has 0 aromatic heterocycles. The smallest absolute Gasteiger partial charge is 0.293 e. The van der Waals surface area contributed by atoms with Crippen LogP contribution in [-0.4, -0.2) is 43.4 Å². The Kier molecular flexibility index (Phi) is 3.83. The molecule has 2 aliphatic heterocycles. The highest BCUT2D eigenvalue weighted by atomic mass is 127. The van der Waals surface area contributed by atoms with Gasteiger partial charge in [-0.3, -0.25) is 10.1 Å². The van der Waals surface area contributed by atoms with E-state index in [0.717, 1.165) is 9.99 Å². The molecule has 0 aliphatic carbocycles. The minimum absolute atomic E-state index is 0.160. The van der Waals surface area contributed by atoms with Crippen LogP contribution >= 0.6 is 22.6 Å². The van der Waals surface area contributed by atoms with E-state index in [-0.39, 0.29) is 16.2 Å². The first kappa shape index (κ1) is 14.0. The first-order chi connectivity index (χ1) is 9.60. The van der Waals surface area contributed by atoms with Gasteiger partial charge in [-0.25, -0.2) is 0 Å². The molecule has 2 heterocycles.